The quantitative estimate of drug-likeness (QED) is 0.103. The van der Waals surface area contributed by atoms with Gasteiger partial charge < -0.3 is 0 Å². The summed E-state index contributed by atoms with van der Waals surface area (Å²) in [6, 6.07) is 0. The molecule has 3 aliphatic heterocycles. The average molecular weight is 698 g/mol. The van der Waals surface area contributed by atoms with Crippen LogP contribution < -0.4 is 17.0 Å². The van der Waals surface area contributed by atoms with Gasteiger partial charge in [0.25, 0.3) is 0 Å². The van der Waals surface area contributed by atoms with Crippen LogP contribution in [-0.4, -0.2) is 98.1 Å². The van der Waals surface area contributed by atoms with Crippen LogP contribution in [0.25, 0.3) is 22.3 Å². The van der Waals surface area contributed by atoms with E-state index in [1.807, 2.05) is 0 Å². The summed E-state index contributed by atoms with van der Waals surface area (Å²) in [6.07, 6.45) is -6.36. The fraction of sp³-hybridized carbons (Fsp3) is 0.526. The molecule has 0 saturated carbocycles. The fourth-order valence-electron chi connectivity index (χ4n) is 5.26. The van der Waals surface area contributed by atoms with Gasteiger partial charge in [0.1, 0.15) is 0 Å². The van der Waals surface area contributed by atoms with Gasteiger partial charge in [0.15, 0.2) is 0 Å². The molecule has 4 aromatic heterocycles. The van der Waals surface area contributed by atoms with Crippen LogP contribution in [0.1, 0.15) is 18.9 Å². The first-order valence-electron chi connectivity index (χ1n) is 12.9. The second-order valence-corrected chi connectivity index (χ2v) is 16.7. The van der Waals surface area contributed by atoms with Gasteiger partial charge in [-0.15, -0.1) is 0 Å². The normalized spacial score (nSPS) is 33.7. The van der Waals surface area contributed by atoms with E-state index in [-0.39, 0.29) is 47.1 Å². The van der Waals surface area contributed by atoms with Crippen molar-refractivity contribution in [2.24, 2.45) is 0 Å². The fourth-order valence-corrected chi connectivity index (χ4v) is 8.64. The maximum absolute atomic E-state index is 16.0. The summed E-state index contributed by atoms with van der Waals surface area (Å²) in [5.74, 6) is -0.108. The topological polar surface area (TPSA) is 268 Å². The predicted molar refractivity (Wildman–Crippen MR) is 158 cm³/mol. The SMILES string of the molecule is Nc1nc2c(nnn2[C@@H]2O[C@@H]3CO[PH](O)(S)O[C@H]4[C@H](F)[C@H](n5cnc6c(N)ncnc65)O[C@@H]4CO[PH](O)(S)O[C@@H]2C3)c(=O)[nH]1. The first-order chi connectivity index (χ1) is 20.9. The number of fused-ring (bicyclic) bond motifs is 5. The van der Waals surface area contributed by atoms with Crippen LogP contribution >= 0.6 is 38.8 Å². The van der Waals surface area contributed by atoms with E-state index in [0.29, 0.717) is 0 Å². The predicted octanol–water partition coefficient (Wildman–Crippen LogP) is -0.477. The summed E-state index contributed by atoms with van der Waals surface area (Å²) in [4.78, 5) is 53.0. The Kier molecular flexibility index (Phi) is 7.66. The summed E-state index contributed by atoms with van der Waals surface area (Å²) < 4.78 is 53.3. The van der Waals surface area contributed by atoms with Crippen molar-refractivity contribution in [3.63, 3.8) is 0 Å². The minimum atomic E-state index is -4.36. The molecule has 2 bridgehead atoms. The second-order valence-electron chi connectivity index (χ2n) is 10.1. The molecule has 0 spiro atoms. The number of hydrogen-bond acceptors (Lipinski definition) is 19. The maximum atomic E-state index is 16.0. The molecule has 7 N–H and O–H groups in total. The number of anilines is 2. The molecule has 25 heteroatoms. The standard InChI is InChI=1S/C19H26FN11O9P2S2/c20-9-12-8(38-18(9)30-5-25-10-13(21)23-4-24-14(10)30)3-36-41(33,43)39-7-1-6(2-35-42(34,44)40-12)37-17(7)31-15-11(28-29-31)16(32)27-19(22)26-15/h4-9,12,17-18,33-34,41-44H,1-3H2,(H2,21,23,24)(H3,22,26,27,32)/t6-,7+,8+,9-,12+,17+,18+/m0/s1. The van der Waals surface area contributed by atoms with Gasteiger partial charge in [-0.25, -0.2) is 0 Å². The first-order valence-corrected chi connectivity index (χ1v) is 19.0. The van der Waals surface area contributed by atoms with Gasteiger partial charge >= 0.3 is 256 Å². The second kappa shape index (κ2) is 11.1. The van der Waals surface area contributed by atoms with E-state index in [1.54, 1.807) is 0 Å². The molecular formula is C19H26FN11O9P2S2. The molecular weight excluding hydrogens is 671 g/mol. The number of alkyl halides is 1. The Bertz CT molecular complexity index is 1780. The minimum absolute atomic E-state index is 0.0116. The molecule has 3 aliphatic rings. The van der Waals surface area contributed by atoms with E-state index in [0.717, 1.165) is 4.68 Å². The zero-order valence-electron chi connectivity index (χ0n) is 22.1. The molecule has 4 aromatic rings. The number of ether oxygens (including phenoxy) is 2. The van der Waals surface area contributed by atoms with Crippen LogP contribution in [0.5, 0.6) is 0 Å². The summed E-state index contributed by atoms with van der Waals surface area (Å²) >= 11 is 8.43. The molecule has 20 nitrogen and oxygen atoms in total. The van der Waals surface area contributed by atoms with E-state index in [9.17, 15) is 14.6 Å². The van der Waals surface area contributed by atoms with Crippen LogP contribution in [0.15, 0.2) is 17.4 Å². The van der Waals surface area contributed by atoms with Gasteiger partial charge in [-0.2, -0.15) is 0 Å². The van der Waals surface area contributed by atoms with Crippen LogP contribution in [0, 0.1) is 0 Å². The number of imidazole rings is 1. The van der Waals surface area contributed by atoms with Gasteiger partial charge in [-0.3, -0.25) is 0 Å². The Morgan fingerprint density at radius 2 is 1.77 bits per heavy atom. The van der Waals surface area contributed by atoms with E-state index >= 15 is 4.39 Å². The third-order valence-electron chi connectivity index (χ3n) is 7.15. The summed E-state index contributed by atoms with van der Waals surface area (Å²) in [5, 5.41) is 7.82. The Morgan fingerprint density at radius 3 is 2.59 bits per heavy atom. The Balaban J connectivity index is 1.18. The van der Waals surface area contributed by atoms with E-state index in [4.69, 9.17) is 39.0 Å². The number of aromatic amines is 1. The van der Waals surface area contributed by atoms with E-state index < -0.39 is 69.5 Å². The first kappa shape index (κ1) is 30.3. The van der Waals surface area contributed by atoms with Crippen molar-refractivity contribution in [2.45, 2.75) is 49.5 Å². The number of nitrogens with zero attached hydrogens (tertiary/aromatic N) is 8. The molecule has 240 valence electrons. The molecule has 44 heavy (non-hydrogen) atoms. The number of hydrogen-bond donors (Lipinski definition) is 7. The molecule has 3 fully saturated rings. The molecule has 0 aliphatic carbocycles. The van der Waals surface area contributed by atoms with Crippen molar-refractivity contribution in [1.29, 1.82) is 0 Å². The van der Waals surface area contributed by atoms with Crippen molar-refractivity contribution in [3.05, 3.63) is 23.0 Å². The van der Waals surface area contributed by atoms with Gasteiger partial charge in [0.2, 0.25) is 0 Å². The van der Waals surface area contributed by atoms with Crippen molar-refractivity contribution >= 4 is 72.9 Å². The zero-order chi connectivity index (χ0) is 31.0. The van der Waals surface area contributed by atoms with Gasteiger partial charge in [0.05, 0.1) is 0 Å². The number of aromatic nitrogens is 9. The molecule has 7 heterocycles. The third kappa shape index (κ3) is 5.50. The number of nitrogens with two attached hydrogens (primary N) is 2. The molecule has 0 radical (unpaired) electrons. The Labute approximate surface area is 256 Å². The number of thiol groups is 2. The number of nitrogen functional groups attached to an aromatic ring is 2. The summed E-state index contributed by atoms with van der Waals surface area (Å²) in [7, 11) is -8.69. The van der Waals surface area contributed by atoms with Gasteiger partial charge in [-0.1, -0.05) is 0 Å². The molecule has 3 saturated heterocycles. The molecule has 0 amide bonds. The van der Waals surface area contributed by atoms with Crippen molar-refractivity contribution in [3.8, 4) is 0 Å². The van der Waals surface area contributed by atoms with Crippen LogP contribution in [0.3, 0.4) is 0 Å². The van der Waals surface area contributed by atoms with E-state index in [1.165, 1.54) is 17.2 Å². The number of halogens is 1. The van der Waals surface area contributed by atoms with Crippen molar-refractivity contribution < 1.29 is 41.7 Å². The molecule has 7 rings (SSSR count). The van der Waals surface area contributed by atoms with E-state index in [2.05, 4.69) is 59.7 Å². The number of rotatable bonds is 2. The number of nitrogens with one attached hydrogen (secondary N) is 1. The van der Waals surface area contributed by atoms with Gasteiger partial charge in [0, 0.05) is 0 Å². The molecule has 0 aromatic carbocycles. The van der Waals surface area contributed by atoms with Crippen LogP contribution in [-0.2, 0) is 27.6 Å². The van der Waals surface area contributed by atoms with Gasteiger partial charge in [-0.05, 0) is 0 Å². The average Bonchev–Trinajstić information content (AvgIpc) is 3.72. The van der Waals surface area contributed by atoms with Crippen LogP contribution in [0.4, 0.5) is 16.2 Å². The summed E-state index contributed by atoms with van der Waals surface area (Å²) in [5.41, 5.74) is 11.2. The van der Waals surface area contributed by atoms with Crippen LogP contribution in [0.2, 0.25) is 0 Å². The molecule has 0 unspecified atom stereocenters. The van der Waals surface area contributed by atoms with Crippen molar-refractivity contribution in [2.75, 3.05) is 24.7 Å². The number of H-pyrrole nitrogens is 1. The third-order valence-corrected chi connectivity index (χ3v) is 10.8. The summed E-state index contributed by atoms with van der Waals surface area (Å²) in [6.45, 7) is -0.781. The Hall–Kier alpha value is -2.40. The Morgan fingerprint density at radius 1 is 1.00 bits per heavy atom. The van der Waals surface area contributed by atoms with Crippen molar-refractivity contribution in [1.82, 2.24) is 44.5 Å². The zero-order valence-corrected chi connectivity index (χ0v) is 25.9. The monoisotopic (exact) mass is 697 g/mol. The molecule has 7 atom stereocenters.